The molecule has 176 valence electrons. The van der Waals surface area contributed by atoms with Gasteiger partial charge in [-0.2, -0.15) is 0 Å². The predicted molar refractivity (Wildman–Crippen MR) is 133 cm³/mol. The molecule has 1 fully saturated rings. The first-order valence-corrected chi connectivity index (χ1v) is 12.4. The van der Waals surface area contributed by atoms with Gasteiger partial charge in [0, 0.05) is 23.9 Å². The van der Waals surface area contributed by atoms with Crippen LogP contribution in [0.25, 0.3) is 11.3 Å². The maximum Gasteiger partial charge on any atom is 0.250 e. The zero-order valence-electron chi connectivity index (χ0n) is 19.1. The summed E-state index contributed by atoms with van der Waals surface area (Å²) in [5, 5.41) is 8.15. The van der Waals surface area contributed by atoms with Crippen molar-refractivity contribution in [2.75, 3.05) is 11.9 Å². The molecule has 0 unspecified atom stereocenters. The lowest BCUT2D eigenvalue weighted by molar-refractivity contribution is -0.140. The summed E-state index contributed by atoms with van der Waals surface area (Å²) in [4.78, 5) is 45.2. The van der Waals surface area contributed by atoms with Crippen LogP contribution in [0.5, 0.6) is 0 Å². The van der Waals surface area contributed by atoms with Gasteiger partial charge in [0.2, 0.25) is 17.7 Å². The summed E-state index contributed by atoms with van der Waals surface area (Å²) in [5.41, 5.74) is 2.48. The van der Waals surface area contributed by atoms with Gasteiger partial charge in [0.05, 0.1) is 5.69 Å². The minimum absolute atomic E-state index is 0.180. The Morgan fingerprint density at radius 2 is 1.79 bits per heavy atom. The maximum atomic E-state index is 13.6. The van der Waals surface area contributed by atoms with Crippen molar-refractivity contribution in [3.63, 3.8) is 0 Å². The van der Waals surface area contributed by atoms with Crippen LogP contribution in [0, 0.1) is 0 Å². The van der Waals surface area contributed by atoms with E-state index in [1.165, 1.54) is 11.3 Å². The summed E-state index contributed by atoms with van der Waals surface area (Å²) in [7, 11) is 0. The normalized spacial score (nSPS) is 16.1. The molecule has 7 nitrogen and oxygen atoms in total. The average Bonchev–Trinajstić information content (AvgIpc) is 3.53. The van der Waals surface area contributed by atoms with Crippen LogP contribution in [0.1, 0.15) is 44.2 Å². The molecule has 1 aliphatic heterocycles. The second-order valence-electron chi connectivity index (χ2n) is 8.24. The topological polar surface area (TPSA) is 91.4 Å². The molecule has 2 N–H and O–H groups in total. The number of thiazole rings is 1. The Labute approximate surface area is 203 Å². The van der Waals surface area contributed by atoms with Crippen molar-refractivity contribution in [1.82, 2.24) is 15.2 Å². The predicted octanol–water partition coefficient (Wildman–Crippen LogP) is 4.40. The number of likely N-dealkylation sites (tertiary alicyclic amines) is 1. The molecule has 1 aromatic heterocycles. The minimum Gasteiger partial charge on any atom is -0.341 e. The Morgan fingerprint density at radius 3 is 2.50 bits per heavy atom. The third-order valence-corrected chi connectivity index (χ3v) is 6.56. The Kier molecular flexibility index (Phi) is 7.69. The first kappa shape index (κ1) is 23.6. The molecule has 8 heteroatoms. The van der Waals surface area contributed by atoms with Crippen molar-refractivity contribution >= 4 is 34.2 Å². The third kappa shape index (κ3) is 5.51. The summed E-state index contributed by atoms with van der Waals surface area (Å²) in [5.74, 6) is -0.704. The maximum absolute atomic E-state index is 13.6. The monoisotopic (exact) mass is 476 g/mol. The fraction of sp³-hybridized carbons (Fsp3) is 0.308. The molecule has 2 aromatic carbocycles. The second kappa shape index (κ2) is 11.1. The number of carbonyl (C=O) groups excluding carboxylic acids is 3. The number of benzene rings is 2. The van der Waals surface area contributed by atoms with Gasteiger partial charge in [-0.25, -0.2) is 4.98 Å². The van der Waals surface area contributed by atoms with Crippen LogP contribution in [-0.4, -0.2) is 40.2 Å². The van der Waals surface area contributed by atoms with E-state index in [4.69, 9.17) is 0 Å². The fourth-order valence-corrected chi connectivity index (χ4v) is 4.85. The molecular weight excluding hydrogens is 448 g/mol. The number of rotatable bonds is 8. The van der Waals surface area contributed by atoms with Crippen LogP contribution >= 0.6 is 11.3 Å². The minimum atomic E-state index is -0.821. The van der Waals surface area contributed by atoms with Crippen LogP contribution in [0.3, 0.4) is 0 Å². The molecule has 1 saturated heterocycles. The highest BCUT2D eigenvalue weighted by molar-refractivity contribution is 7.14. The molecule has 3 amide bonds. The molecule has 0 spiro atoms. The SMILES string of the molecule is CCCC(=O)N[C@@H](C(=O)N1CCC[C@H]1C(=O)Nc1nc(-c2ccccc2)cs1)c1ccccc1. The Morgan fingerprint density at radius 1 is 1.09 bits per heavy atom. The highest BCUT2D eigenvalue weighted by Crippen LogP contribution is 2.27. The zero-order valence-corrected chi connectivity index (χ0v) is 19.9. The molecule has 0 saturated carbocycles. The van der Waals surface area contributed by atoms with E-state index in [-0.39, 0.29) is 17.7 Å². The molecule has 3 aromatic rings. The molecular formula is C26H28N4O3S. The van der Waals surface area contributed by atoms with Crippen molar-refractivity contribution < 1.29 is 14.4 Å². The molecule has 2 atom stereocenters. The molecule has 0 aliphatic carbocycles. The summed E-state index contributed by atoms with van der Waals surface area (Å²) in [6.45, 7) is 2.39. The molecule has 1 aliphatic rings. The van der Waals surface area contributed by atoms with E-state index < -0.39 is 12.1 Å². The largest absolute Gasteiger partial charge is 0.341 e. The van der Waals surface area contributed by atoms with E-state index in [1.807, 2.05) is 73.0 Å². The first-order valence-electron chi connectivity index (χ1n) is 11.5. The highest BCUT2D eigenvalue weighted by Gasteiger charge is 2.38. The van der Waals surface area contributed by atoms with Crippen molar-refractivity contribution in [3.05, 3.63) is 71.6 Å². The van der Waals surface area contributed by atoms with E-state index in [0.29, 0.717) is 36.5 Å². The van der Waals surface area contributed by atoms with Crippen molar-refractivity contribution in [3.8, 4) is 11.3 Å². The van der Waals surface area contributed by atoms with E-state index in [0.717, 1.165) is 17.7 Å². The number of hydrogen-bond acceptors (Lipinski definition) is 5. The van der Waals surface area contributed by atoms with Gasteiger partial charge in [-0.05, 0) is 24.8 Å². The quantitative estimate of drug-likeness (QED) is 0.504. The van der Waals surface area contributed by atoms with Gasteiger partial charge in [0.25, 0.3) is 0 Å². The third-order valence-electron chi connectivity index (χ3n) is 5.80. The summed E-state index contributed by atoms with van der Waals surface area (Å²) < 4.78 is 0. The van der Waals surface area contributed by atoms with E-state index >= 15 is 0 Å². The Hall–Kier alpha value is -3.52. The van der Waals surface area contributed by atoms with Gasteiger partial charge in [-0.15, -0.1) is 11.3 Å². The van der Waals surface area contributed by atoms with E-state index in [9.17, 15) is 14.4 Å². The number of hydrogen-bond donors (Lipinski definition) is 2. The summed E-state index contributed by atoms with van der Waals surface area (Å²) in [6.07, 6.45) is 2.32. The standard InChI is InChI=1S/C26H28N4O3S/c1-2-10-22(31)28-23(19-13-7-4-8-14-19)25(33)30-16-9-15-21(30)24(32)29-26-27-20(17-34-26)18-11-5-3-6-12-18/h3-8,11-14,17,21,23H,2,9-10,15-16H2,1H3,(H,28,31)(H,27,29,32)/t21-,23+/m0/s1. The van der Waals surface area contributed by atoms with Crippen molar-refractivity contribution in [2.24, 2.45) is 0 Å². The molecule has 0 radical (unpaired) electrons. The van der Waals surface area contributed by atoms with Crippen molar-refractivity contribution in [2.45, 2.75) is 44.7 Å². The highest BCUT2D eigenvalue weighted by atomic mass is 32.1. The van der Waals surface area contributed by atoms with Crippen molar-refractivity contribution in [1.29, 1.82) is 0 Å². The number of aromatic nitrogens is 1. The van der Waals surface area contributed by atoms with Crippen LogP contribution < -0.4 is 10.6 Å². The molecule has 4 rings (SSSR count). The zero-order chi connectivity index (χ0) is 23.9. The van der Waals surface area contributed by atoms with Gasteiger partial charge in [-0.1, -0.05) is 67.6 Å². The lowest BCUT2D eigenvalue weighted by Crippen LogP contribution is -2.48. The lowest BCUT2D eigenvalue weighted by atomic mass is 10.0. The number of amides is 3. The number of nitrogens with one attached hydrogen (secondary N) is 2. The Balaban J connectivity index is 1.48. The summed E-state index contributed by atoms with van der Waals surface area (Å²) in [6, 6.07) is 17.5. The molecule has 2 heterocycles. The molecule has 0 bridgehead atoms. The van der Waals surface area contributed by atoms with Crippen LogP contribution in [0.2, 0.25) is 0 Å². The van der Waals surface area contributed by atoms with Gasteiger partial charge in [0.1, 0.15) is 12.1 Å². The second-order valence-corrected chi connectivity index (χ2v) is 9.10. The summed E-state index contributed by atoms with van der Waals surface area (Å²) >= 11 is 1.35. The van der Waals surface area contributed by atoms with Crippen LogP contribution in [0.4, 0.5) is 5.13 Å². The van der Waals surface area contributed by atoms with Gasteiger partial charge in [-0.3, -0.25) is 14.4 Å². The number of nitrogens with zero attached hydrogens (tertiary/aromatic N) is 2. The number of carbonyl (C=O) groups is 3. The smallest absolute Gasteiger partial charge is 0.250 e. The van der Waals surface area contributed by atoms with Gasteiger partial charge >= 0.3 is 0 Å². The first-order chi connectivity index (χ1) is 16.6. The van der Waals surface area contributed by atoms with E-state index in [1.54, 1.807) is 4.90 Å². The van der Waals surface area contributed by atoms with Crippen LogP contribution in [-0.2, 0) is 14.4 Å². The number of anilines is 1. The Bertz CT molecular complexity index is 1130. The van der Waals surface area contributed by atoms with Gasteiger partial charge < -0.3 is 15.5 Å². The lowest BCUT2D eigenvalue weighted by Gasteiger charge is -2.28. The van der Waals surface area contributed by atoms with Crippen LogP contribution in [0.15, 0.2) is 66.0 Å². The van der Waals surface area contributed by atoms with E-state index in [2.05, 4.69) is 15.6 Å². The molecule has 34 heavy (non-hydrogen) atoms. The fourth-order valence-electron chi connectivity index (χ4n) is 4.12. The van der Waals surface area contributed by atoms with Gasteiger partial charge in [0.15, 0.2) is 5.13 Å². The average molecular weight is 477 g/mol.